The Morgan fingerprint density at radius 2 is 2.27 bits per heavy atom. The molecule has 0 amide bonds. The first-order valence-electron chi connectivity index (χ1n) is 3.37. The van der Waals surface area contributed by atoms with Crippen molar-refractivity contribution < 1.29 is 0 Å². The third-order valence-electron chi connectivity index (χ3n) is 1.51. The standard InChI is InChI=1S/C8H8BN2/c1-9-8-3-2-7(11)4-6(8)5-10/h2-4H,11H2,1H3. The summed E-state index contributed by atoms with van der Waals surface area (Å²) in [4.78, 5) is 0. The van der Waals surface area contributed by atoms with E-state index in [0.29, 0.717) is 11.3 Å². The van der Waals surface area contributed by atoms with Crippen molar-refractivity contribution in [3.8, 4) is 6.07 Å². The van der Waals surface area contributed by atoms with Crippen molar-refractivity contribution >= 4 is 18.4 Å². The van der Waals surface area contributed by atoms with Crippen LogP contribution in [0.5, 0.6) is 0 Å². The Balaban J connectivity index is 3.19. The molecule has 1 aromatic rings. The molecule has 0 aliphatic carbocycles. The van der Waals surface area contributed by atoms with Crippen LogP contribution in [0.15, 0.2) is 18.2 Å². The van der Waals surface area contributed by atoms with Crippen LogP contribution in [0, 0.1) is 11.3 Å². The number of nitrogen functional groups attached to an aromatic ring is 1. The summed E-state index contributed by atoms with van der Waals surface area (Å²) in [5.41, 5.74) is 7.69. The maximum Gasteiger partial charge on any atom is 0.150 e. The first kappa shape index (κ1) is 7.68. The molecular weight excluding hydrogens is 135 g/mol. The smallest absolute Gasteiger partial charge is 0.150 e. The zero-order chi connectivity index (χ0) is 8.27. The van der Waals surface area contributed by atoms with Gasteiger partial charge in [-0.05, 0) is 12.1 Å². The molecule has 53 valence electrons. The molecule has 1 rings (SSSR count). The molecule has 0 saturated carbocycles. The summed E-state index contributed by atoms with van der Waals surface area (Å²) >= 11 is 0. The first-order valence-corrected chi connectivity index (χ1v) is 3.37. The Kier molecular flexibility index (Phi) is 2.17. The average molecular weight is 143 g/mol. The Morgan fingerprint density at radius 3 is 2.82 bits per heavy atom. The Hall–Kier alpha value is -1.43. The lowest BCUT2D eigenvalue weighted by Gasteiger charge is -1.99. The van der Waals surface area contributed by atoms with Crippen molar-refractivity contribution in [1.29, 1.82) is 5.26 Å². The van der Waals surface area contributed by atoms with Gasteiger partial charge in [0.2, 0.25) is 0 Å². The van der Waals surface area contributed by atoms with Crippen LogP contribution < -0.4 is 11.2 Å². The van der Waals surface area contributed by atoms with Crippen LogP contribution in [0.4, 0.5) is 5.69 Å². The van der Waals surface area contributed by atoms with Gasteiger partial charge in [-0.2, -0.15) is 5.26 Å². The fourth-order valence-corrected chi connectivity index (χ4v) is 0.922. The van der Waals surface area contributed by atoms with Gasteiger partial charge in [0.1, 0.15) is 7.28 Å². The second-order valence-electron chi connectivity index (χ2n) is 2.25. The van der Waals surface area contributed by atoms with E-state index in [-0.39, 0.29) is 0 Å². The molecule has 0 saturated heterocycles. The fourth-order valence-electron chi connectivity index (χ4n) is 0.922. The van der Waals surface area contributed by atoms with E-state index >= 15 is 0 Å². The van der Waals surface area contributed by atoms with Crippen LogP contribution >= 0.6 is 0 Å². The van der Waals surface area contributed by atoms with Gasteiger partial charge in [0.25, 0.3) is 0 Å². The van der Waals surface area contributed by atoms with E-state index < -0.39 is 0 Å². The number of nitrogens with zero attached hydrogens (tertiary/aromatic N) is 1. The normalized spacial score (nSPS) is 8.73. The van der Waals surface area contributed by atoms with Gasteiger partial charge in [-0.3, -0.25) is 0 Å². The maximum atomic E-state index is 8.65. The van der Waals surface area contributed by atoms with E-state index in [1.54, 1.807) is 12.1 Å². The highest BCUT2D eigenvalue weighted by atomic mass is 14.5. The summed E-state index contributed by atoms with van der Waals surface area (Å²) < 4.78 is 0. The molecule has 0 spiro atoms. The molecule has 0 unspecified atom stereocenters. The van der Waals surface area contributed by atoms with Gasteiger partial charge in [0.15, 0.2) is 0 Å². The number of hydrogen-bond donors (Lipinski definition) is 1. The number of hydrogen-bond acceptors (Lipinski definition) is 2. The molecule has 0 aliphatic rings. The highest BCUT2D eigenvalue weighted by molar-refractivity contribution is 6.52. The summed E-state index contributed by atoms with van der Waals surface area (Å²) in [5.74, 6) is 0. The fraction of sp³-hybridized carbons (Fsp3) is 0.125. The van der Waals surface area contributed by atoms with Gasteiger partial charge >= 0.3 is 0 Å². The lowest BCUT2D eigenvalue weighted by molar-refractivity contribution is 1.50. The van der Waals surface area contributed by atoms with Gasteiger partial charge in [-0.25, -0.2) is 0 Å². The van der Waals surface area contributed by atoms with Gasteiger partial charge in [0, 0.05) is 11.3 Å². The molecule has 2 nitrogen and oxygen atoms in total. The van der Waals surface area contributed by atoms with E-state index in [4.69, 9.17) is 11.0 Å². The highest BCUT2D eigenvalue weighted by Crippen LogP contribution is 2.02. The molecule has 11 heavy (non-hydrogen) atoms. The van der Waals surface area contributed by atoms with Crippen LogP contribution in [0.1, 0.15) is 5.56 Å². The molecule has 0 heterocycles. The van der Waals surface area contributed by atoms with E-state index in [9.17, 15) is 0 Å². The quantitative estimate of drug-likeness (QED) is 0.460. The van der Waals surface area contributed by atoms with Gasteiger partial charge < -0.3 is 5.73 Å². The van der Waals surface area contributed by atoms with Gasteiger partial charge in [-0.1, -0.05) is 18.4 Å². The summed E-state index contributed by atoms with van der Waals surface area (Å²) in [5, 5.41) is 8.65. The SMILES string of the molecule is C[B]c1ccc(N)cc1C#N. The van der Waals surface area contributed by atoms with Crippen molar-refractivity contribution in [2.75, 3.05) is 5.73 Å². The molecule has 0 aliphatic heterocycles. The second kappa shape index (κ2) is 3.11. The molecule has 1 radical (unpaired) electrons. The number of nitriles is 1. The average Bonchev–Trinajstić information content (AvgIpc) is 2.04. The largest absolute Gasteiger partial charge is 0.399 e. The first-order chi connectivity index (χ1) is 5.27. The minimum absolute atomic E-state index is 0.632. The molecule has 0 aromatic heterocycles. The molecule has 0 bridgehead atoms. The topological polar surface area (TPSA) is 49.8 Å². The zero-order valence-electron chi connectivity index (χ0n) is 6.33. The van der Waals surface area contributed by atoms with Crippen molar-refractivity contribution in [2.45, 2.75) is 6.82 Å². The zero-order valence-corrected chi connectivity index (χ0v) is 6.33. The summed E-state index contributed by atoms with van der Waals surface area (Å²) in [6, 6.07) is 7.38. The Morgan fingerprint density at radius 1 is 1.55 bits per heavy atom. The predicted octanol–water partition coefficient (Wildman–Crippen LogP) is 0.518. The monoisotopic (exact) mass is 143 g/mol. The van der Waals surface area contributed by atoms with E-state index in [1.807, 2.05) is 20.2 Å². The second-order valence-corrected chi connectivity index (χ2v) is 2.25. The minimum atomic E-state index is 0.632. The maximum absolute atomic E-state index is 8.65. The van der Waals surface area contributed by atoms with E-state index in [0.717, 1.165) is 5.46 Å². The van der Waals surface area contributed by atoms with Gasteiger partial charge in [-0.15, -0.1) is 0 Å². The minimum Gasteiger partial charge on any atom is -0.399 e. The van der Waals surface area contributed by atoms with Crippen molar-refractivity contribution in [1.82, 2.24) is 0 Å². The Bertz CT molecular complexity index is 301. The van der Waals surface area contributed by atoms with Crippen LogP contribution in [0.3, 0.4) is 0 Å². The molecule has 0 atom stereocenters. The van der Waals surface area contributed by atoms with Crippen molar-refractivity contribution in [3.05, 3.63) is 23.8 Å². The molecule has 1 aromatic carbocycles. The molecule has 3 heteroatoms. The molecule has 0 fully saturated rings. The van der Waals surface area contributed by atoms with Crippen LogP contribution in [0.2, 0.25) is 6.82 Å². The summed E-state index contributed by atoms with van der Waals surface area (Å²) in [6.45, 7) is 1.90. The molecule has 2 N–H and O–H groups in total. The third-order valence-corrected chi connectivity index (χ3v) is 1.51. The van der Waals surface area contributed by atoms with Crippen LogP contribution in [0.25, 0.3) is 0 Å². The third kappa shape index (κ3) is 1.53. The van der Waals surface area contributed by atoms with Crippen molar-refractivity contribution in [2.24, 2.45) is 0 Å². The molecular formula is C8H8BN2. The lowest BCUT2D eigenvalue weighted by atomic mass is 9.71. The number of benzene rings is 1. The van der Waals surface area contributed by atoms with Crippen LogP contribution in [-0.2, 0) is 0 Å². The van der Waals surface area contributed by atoms with E-state index in [1.165, 1.54) is 0 Å². The lowest BCUT2D eigenvalue weighted by Crippen LogP contribution is -2.14. The van der Waals surface area contributed by atoms with Crippen LogP contribution in [-0.4, -0.2) is 7.28 Å². The number of nitrogens with two attached hydrogens (primary N) is 1. The number of anilines is 1. The summed E-state index contributed by atoms with van der Waals surface area (Å²) in [6.07, 6.45) is 0. The van der Waals surface area contributed by atoms with Gasteiger partial charge in [0.05, 0.1) is 6.07 Å². The van der Waals surface area contributed by atoms with E-state index in [2.05, 4.69) is 6.07 Å². The highest BCUT2D eigenvalue weighted by Gasteiger charge is 1.98. The predicted molar refractivity (Wildman–Crippen MR) is 46.8 cm³/mol. The van der Waals surface area contributed by atoms with Crippen molar-refractivity contribution in [3.63, 3.8) is 0 Å². The number of rotatable bonds is 1. The Labute approximate surface area is 66.9 Å². The summed E-state index contributed by atoms with van der Waals surface area (Å²) in [7, 11) is 1.89.